The molecule has 1 unspecified atom stereocenters. The number of carbonyl (C=O) groups excluding carboxylic acids is 1. The van der Waals surface area contributed by atoms with E-state index in [1.54, 1.807) is 11.3 Å². The summed E-state index contributed by atoms with van der Waals surface area (Å²) in [5, 5.41) is 3.70. The number of hydrogen-bond donors (Lipinski definition) is 1. The fraction of sp³-hybridized carbons (Fsp3) is 0.545. The van der Waals surface area contributed by atoms with Crippen molar-refractivity contribution in [1.29, 1.82) is 0 Å². The average Bonchev–Trinajstić information content (AvgIpc) is 3.09. The van der Waals surface area contributed by atoms with Gasteiger partial charge in [0, 0.05) is 10.4 Å². The van der Waals surface area contributed by atoms with Gasteiger partial charge in [0.2, 0.25) is 0 Å². The Morgan fingerprint density at radius 2 is 1.92 bits per heavy atom. The maximum atomic E-state index is 12.5. The molecule has 1 N–H and O–H groups in total. The summed E-state index contributed by atoms with van der Waals surface area (Å²) in [4.78, 5) is 18.4. The fourth-order valence-electron chi connectivity index (χ4n) is 2.60. The Bertz CT molecular complexity index is 679. The Balaban J connectivity index is 0.00000163. The van der Waals surface area contributed by atoms with Gasteiger partial charge in [-0.25, -0.2) is 4.98 Å². The summed E-state index contributed by atoms with van der Waals surface area (Å²) in [5.74, 6) is 0.640. The molecule has 2 rings (SSSR count). The number of aromatic nitrogens is 1. The van der Waals surface area contributed by atoms with Gasteiger partial charge < -0.3 is 0 Å². The molecule has 26 heavy (non-hydrogen) atoms. The van der Waals surface area contributed by atoms with Crippen LogP contribution < -0.4 is 5.32 Å². The highest BCUT2D eigenvalue weighted by molar-refractivity contribution is 7.15. The lowest BCUT2D eigenvalue weighted by atomic mass is 10.0. The average molecular weight is 375 g/mol. The van der Waals surface area contributed by atoms with Crippen molar-refractivity contribution in [2.75, 3.05) is 5.32 Å². The predicted molar refractivity (Wildman–Crippen MR) is 114 cm³/mol. The molecule has 0 saturated carbocycles. The lowest BCUT2D eigenvalue weighted by Crippen LogP contribution is -2.12. The second-order valence-electron chi connectivity index (χ2n) is 6.30. The molecular weight excluding hydrogens is 340 g/mol. The van der Waals surface area contributed by atoms with Crippen LogP contribution in [0.4, 0.5) is 5.13 Å². The number of benzene rings is 1. The highest BCUT2D eigenvalue weighted by atomic mass is 32.1. The molecule has 1 aromatic heterocycles. The molecule has 1 aromatic carbocycles. The molecule has 0 radical (unpaired) electrons. The third-order valence-electron chi connectivity index (χ3n) is 4.49. The van der Waals surface area contributed by atoms with E-state index in [1.165, 1.54) is 16.9 Å². The number of amides is 1. The van der Waals surface area contributed by atoms with Crippen molar-refractivity contribution in [2.24, 2.45) is 5.92 Å². The molecule has 0 saturated heterocycles. The number of hydrogen-bond acceptors (Lipinski definition) is 3. The highest BCUT2D eigenvalue weighted by Gasteiger charge is 2.14. The number of nitrogens with one attached hydrogen (secondary N) is 1. The summed E-state index contributed by atoms with van der Waals surface area (Å²) in [5.41, 5.74) is 3.02. The maximum Gasteiger partial charge on any atom is 0.257 e. The SMILES string of the molecule is CC.CCc1cccc(C(=O)Nc2nc(CCC(C)CC)c(CC)s2)c1. The van der Waals surface area contributed by atoms with Crippen molar-refractivity contribution in [1.82, 2.24) is 4.98 Å². The quantitative estimate of drug-likeness (QED) is 0.571. The van der Waals surface area contributed by atoms with Gasteiger partial charge in [0.1, 0.15) is 0 Å². The molecule has 0 aliphatic rings. The van der Waals surface area contributed by atoms with Crippen molar-refractivity contribution < 1.29 is 4.79 Å². The van der Waals surface area contributed by atoms with Crippen LogP contribution in [0.5, 0.6) is 0 Å². The van der Waals surface area contributed by atoms with Gasteiger partial charge in [-0.15, -0.1) is 11.3 Å². The Hall–Kier alpha value is -1.68. The molecule has 0 aliphatic heterocycles. The first-order valence-electron chi connectivity index (χ1n) is 9.96. The zero-order chi connectivity index (χ0) is 19.5. The van der Waals surface area contributed by atoms with Crippen LogP contribution >= 0.6 is 11.3 Å². The van der Waals surface area contributed by atoms with E-state index in [-0.39, 0.29) is 5.91 Å². The molecule has 1 atom stereocenters. The molecule has 3 nitrogen and oxygen atoms in total. The number of aryl methyl sites for hydroxylation is 3. The second-order valence-corrected chi connectivity index (χ2v) is 7.39. The third kappa shape index (κ3) is 6.56. The Kier molecular flexibility index (Phi) is 10.2. The molecule has 1 amide bonds. The maximum absolute atomic E-state index is 12.5. The number of carbonyl (C=O) groups is 1. The summed E-state index contributed by atoms with van der Waals surface area (Å²) < 4.78 is 0. The van der Waals surface area contributed by atoms with Gasteiger partial charge in [0.25, 0.3) is 5.91 Å². The number of anilines is 1. The third-order valence-corrected chi connectivity index (χ3v) is 5.65. The van der Waals surface area contributed by atoms with Crippen molar-refractivity contribution in [3.05, 3.63) is 46.0 Å². The van der Waals surface area contributed by atoms with Gasteiger partial charge in [0.15, 0.2) is 5.13 Å². The lowest BCUT2D eigenvalue weighted by molar-refractivity contribution is 0.102. The zero-order valence-corrected chi connectivity index (χ0v) is 18.0. The van der Waals surface area contributed by atoms with Gasteiger partial charge in [-0.3, -0.25) is 10.1 Å². The van der Waals surface area contributed by atoms with Gasteiger partial charge in [-0.2, -0.15) is 0 Å². The minimum absolute atomic E-state index is 0.0739. The summed E-state index contributed by atoms with van der Waals surface area (Å²) in [7, 11) is 0. The minimum Gasteiger partial charge on any atom is -0.298 e. The first-order chi connectivity index (χ1) is 12.6. The molecule has 0 fully saturated rings. The van der Waals surface area contributed by atoms with Gasteiger partial charge in [-0.1, -0.05) is 60.1 Å². The minimum atomic E-state index is -0.0739. The zero-order valence-electron chi connectivity index (χ0n) is 17.2. The summed E-state index contributed by atoms with van der Waals surface area (Å²) in [6, 6.07) is 7.78. The monoisotopic (exact) mass is 374 g/mol. The Morgan fingerprint density at radius 1 is 1.19 bits per heavy atom. The van der Waals surface area contributed by atoms with Crippen LogP contribution in [0, 0.1) is 5.92 Å². The second kappa shape index (κ2) is 11.8. The van der Waals surface area contributed by atoms with Crippen LogP contribution in [-0.4, -0.2) is 10.9 Å². The van der Waals surface area contributed by atoms with Crippen LogP contribution in [0.25, 0.3) is 0 Å². The standard InChI is InChI=1S/C20H28N2OS.C2H6/c1-5-14(4)11-12-17-18(7-3)24-20(21-17)22-19(23)16-10-8-9-15(6-2)13-16;1-2/h8-10,13-14H,5-7,11-12H2,1-4H3,(H,21,22,23);1-2H3. The van der Waals surface area contributed by atoms with Crippen LogP contribution in [0.1, 0.15) is 80.9 Å². The van der Waals surface area contributed by atoms with E-state index in [1.807, 2.05) is 38.1 Å². The van der Waals surface area contributed by atoms with E-state index in [2.05, 4.69) is 38.0 Å². The summed E-state index contributed by atoms with van der Waals surface area (Å²) in [6.07, 6.45) is 5.24. The highest BCUT2D eigenvalue weighted by Crippen LogP contribution is 2.26. The topological polar surface area (TPSA) is 42.0 Å². The van der Waals surface area contributed by atoms with E-state index in [9.17, 15) is 4.79 Å². The molecular formula is C22H34N2OS. The first-order valence-corrected chi connectivity index (χ1v) is 10.8. The van der Waals surface area contributed by atoms with Gasteiger partial charge in [0.05, 0.1) is 5.69 Å². The largest absolute Gasteiger partial charge is 0.298 e. The Labute approximate surface area is 163 Å². The smallest absolute Gasteiger partial charge is 0.257 e. The van der Waals surface area contributed by atoms with E-state index < -0.39 is 0 Å². The van der Waals surface area contributed by atoms with E-state index in [0.717, 1.165) is 36.5 Å². The van der Waals surface area contributed by atoms with Gasteiger partial charge in [-0.05, 0) is 49.3 Å². The molecule has 144 valence electrons. The van der Waals surface area contributed by atoms with E-state index >= 15 is 0 Å². The fourth-order valence-corrected chi connectivity index (χ4v) is 3.54. The summed E-state index contributed by atoms with van der Waals surface area (Å²) >= 11 is 1.61. The van der Waals surface area contributed by atoms with Crippen molar-refractivity contribution in [3.63, 3.8) is 0 Å². The number of thiazole rings is 1. The van der Waals surface area contributed by atoms with Crippen LogP contribution in [0.3, 0.4) is 0 Å². The lowest BCUT2D eigenvalue weighted by Gasteiger charge is -2.06. The number of nitrogens with zero attached hydrogens (tertiary/aromatic N) is 1. The molecule has 0 spiro atoms. The van der Waals surface area contributed by atoms with Crippen molar-refractivity contribution in [2.45, 2.75) is 73.6 Å². The molecule has 4 heteroatoms. The van der Waals surface area contributed by atoms with Crippen LogP contribution in [0.2, 0.25) is 0 Å². The predicted octanol–water partition coefficient (Wildman–Crippen LogP) is 6.53. The molecule has 0 bridgehead atoms. The molecule has 1 heterocycles. The molecule has 2 aromatic rings. The normalized spacial score (nSPS) is 11.5. The van der Waals surface area contributed by atoms with Gasteiger partial charge >= 0.3 is 0 Å². The summed E-state index contributed by atoms with van der Waals surface area (Å²) in [6.45, 7) is 12.7. The molecule has 0 aliphatic carbocycles. The van der Waals surface area contributed by atoms with Crippen molar-refractivity contribution in [3.8, 4) is 0 Å². The van der Waals surface area contributed by atoms with E-state index in [4.69, 9.17) is 0 Å². The van der Waals surface area contributed by atoms with Crippen molar-refractivity contribution >= 4 is 22.4 Å². The van der Waals surface area contributed by atoms with Crippen LogP contribution in [0.15, 0.2) is 24.3 Å². The first kappa shape index (κ1) is 22.4. The Morgan fingerprint density at radius 3 is 2.54 bits per heavy atom. The van der Waals surface area contributed by atoms with E-state index in [0.29, 0.717) is 11.5 Å². The number of rotatable bonds is 8. The van der Waals surface area contributed by atoms with Crippen LogP contribution in [-0.2, 0) is 19.3 Å².